The van der Waals surface area contributed by atoms with Crippen LogP contribution in [0.25, 0.3) is 0 Å². The molecule has 0 aliphatic rings. The normalized spacial score (nSPS) is 12.1. The third-order valence-electron chi connectivity index (χ3n) is 2.04. The van der Waals surface area contributed by atoms with Gasteiger partial charge in [-0.25, -0.2) is 4.68 Å². The zero-order valence-corrected chi connectivity index (χ0v) is 10.9. The van der Waals surface area contributed by atoms with Crippen LogP contribution < -0.4 is 5.56 Å². The Morgan fingerprint density at radius 1 is 1.59 bits per heavy atom. The average molecular weight is 271 g/mol. The predicted octanol–water partition coefficient (Wildman–Crippen LogP) is 3.24. The summed E-state index contributed by atoms with van der Waals surface area (Å²) in [4.78, 5) is 11.6. The molecule has 1 aromatic heterocycles. The maximum atomic E-state index is 11.6. The molecule has 0 bridgehead atoms. The number of hydrogen-bond donors (Lipinski definition) is 0. The van der Waals surface area contributed by atoms with Gasteiger partial charge in [0.15, 0.2) is 0 Å². The number of hydrogen-bond acceptors (Lipinski definition) is 2. The van der Waals surface area contributed by atoms with Gasteiger partial charge >= 0.3 is 0 Å². The van der Waals surface area contributed by atoms with Gasteiger partial charge in [0.2, 0.25) is 0 Å². The lowest BCUT2D eigenvalue weighted by atomic mass is 10.3. The van der Waals surface area contributed by atoms with Gasteiger partial charge in [-0.05, 0) is 6.92 Å². The minimum atomic E-state index is -0.395. The van der Waals surface area contributed by atoms with Crippen molar-refractivity contribution in [3.8, 4) is 0 Å². The molecule has 0 unspecified atom stereocenters. The van der Waals surface area contributed by atoms with Crippen LogP contribution in [0.3, 0.4) is 0 Å². The van der Waals surface area contributed by atoms with Crippen LogP contribution >= 0.6 is 23.2 Å². The molecule has 5 heteroatoms. The first-order chi connectivity index (χ1) is 8.06. The highest BCUT2D eigenvalue weighted by molar-refractivity contribution is 6.41. The van der Waals surface area contributed by atoms with Crippen LogP contribution in [0.5, 0.6) is 0 Å². The largest absolute Gasteiger partial charge is 0.287 e. The van der Waals surface area contributed by atoms with Gasteiger partial charge in [0.05, 0.1) is 17.8 Å². The quantitative estimate of drug-likeness (QED) is 0.788. The van der Waals surface area contributed by atoms with E-state index in [-0.39, 0.29) is 10.0 Å². The minimum Gasteiger partial charge on any atom is -0.266 e. The van der Waals surface area contributed by atoms with Crippen molar-refractivity contribution in [2.45, 2.75) is 13.5 Å². The van der Waals surface area contributed by atoms with Gasteiger partial charge in [0.1, 0.15) is 5.02 Å². The SMILES string of the molecule is C=C/C(C)=C\C=C/Cn1ncc(Cl)c(Cl)c1=O. The van der Waals surface area contributed by atoms with E-state index >= 15 is 0 Å². The molecule has 0 amide bonds. The van der Waals surface area contributed by atoms with Crippen LogP contribution in [-0.2, 0) is 6.54 Å². The molecule has 90 valence electrons. The van der Waals surface area contributed by atoms with Crippen molar-refractivity contribution >= 4 is 23.2 Å². The number of halogens is 2. The van der Waals surface area contributed by atoms with E-state index in [0.29, 0.717) is 6.54 Å². The fourth-order valence-corrected chi connectivity index (χ4v) is 1.29. The first-order valence-corrected chi connectivity index (χ1v) is 5.69. The summed E-state index contributed by atoms with van der Waals surface area (Å²) in [6.07, 6.45) is 8.60. The Balaban J connectivity index is 2.81. The van der Waals surface area contributed by atoms with Gasteiger partial charge in [-0.2, -0.15) is 5.10 Å². The number of allylic oxidation sites excluding steroid dienone is 5. The molecule has 0 fully saturated rings. The third kappa shape index (κ3) is 3.88. The highest BCUT2D eigenvalue weighted by atomic mass is 35.5. The molecule has 1 aromatic rings. The summed E-state index contributed by atoms with van der Waals surface area (Å²) in [5.41, 5.74) is 0.643. The average Bonchev–Trinajstić information content (AvgIpc) is 2.33. The molecule has 0 aliphatic heterocycles. The molecule has 0 saturated carbocycles. The Morgan fingerprint density at radius 2 is 2.29 bits per heavy atom. The molecule has 0 aliphatic carbocycles. The van der Waals surface area contributed by atoms with Crippen molar-refractivity contribution in [3.05, 3.63) is 63.1 Å². The second kappa shape index (κ2) is 6.42. The van der Waals surface area contributed by atoms with Gasteiger partial charge in [0.25, 0.3) is 5.56 Å². The Hall–Kier alpha value is -1.32. The smallest absolute Gasteiger partial charge is 0.266 e. The standard InChI is InChI=1S/C12H12Cl2N2O/c1-3-9(2)6-4-5-7-16-12(17)11(14)10(13)8-15-16/h3-6,8H,1,7H2,2H3/b5-4-,9-6-. The van der Waals surface area contributed by atoms with E-state index in [2.05, 4.69) is 11.7 Å². The Labute approximate surface area is 110 Å². The van der Waals surface area contributed by atoms with Crippen LogP contribution in [0, 0.1) is 0 Å². The molecular formula is C12H12Cl2N2O. The lowest BCUT2D eigenvalue weighted by Gasteiger charge is -2.01. The van der Waals surface area contributed by atoms with Crippen molar-refractivity contribution in [2.24, 2.45) is 0 Å². The van der Waals surface area contributed by atoms with E-state index in [0.717, 1.165) is 5.57 Å². The lowest BCUT2D eigenvalue weighted by Crippen LogP contribution is -2.22. The molecule has 3 nitrogen and oxygen atoms in total. The van der Waals surface area contributed by atoms with Crippen LogP contribution in [-0.4, -0.2) is 9.78 Å². The highest BCUT2D eigenvalue weighted by Gasteiger charge is 2.05. The van der Waals surface area contributed by atoms with Gasteiger partial charge < -0.3 is 0 Å². The number of aromatic nitrogens is 2. The van der Waals surface area contributed by atoms with Gasteiger partial charge in [-0.3, -0.25) is 4.79 Å². The summed E-state index contributed by atoms with van der Waals surface area (Å²) in [5, 5.41) is 4.03. The van der Waals surface area contributed by atoms with Gasteiger partial charge in [-0.1, -0.05) is 59.7 Å². The second-order valence-electron chi connectivity index (χ2n) is 3.34. The molecule has 0 atom stereocenters. The maximum absolute atomic E-state index is 11.6. The summed E-state index contributed by atoms with van der Waals surface area (Å²) in [5.74, 6) is 0. The summed E-state index contributed by atoms with van der Waals surface area (Å²) >= 11 is 11.4. The lowest BCUT2D eigenvalue weighted by molar-refractivity contribution is 0.651. The van der Waals surface area contributed by atoms with Crippen molar-refractivity contribution in [3.63, 3.8) is 0 Å². The van der Waals surface area contributed by atoms with Crippen molar-refractivity contribution in [1.29, 1.82) is 0 Å². The fraction of sp³-hybridized carbons (Fsp3) is 0.167. The number of rotatable bonds is 4. The summed E-state index contributed by atoms with van der Waals surface area (Å²) in [6, 6.07) is 0. The Bertz CT molecular complexity index is 530. The molecule has 0 saturated heterocycles. The molecule has 1 rings (SSSR count). The molecule has 0 N–H and O–H groups in total. The van der Waals surface area contributed by atoms with Crippen molar-refractivity contribution < 1.29 is 0 Å². The topological polar surface area (TPSA) is 34.9 Å². The van der Waals surface area contributed by atoms with Crippen LogP contribution in [0.1, 0.15) is 6.92 Å². The minimum absolute atomic E-state index is 0.00659. The monoisotopic (exact) mass is 270 g/mol. The zero-order valence-electron chi connectivity index (χ0n) is 9.36. The van der Waals surface area contributed by atoms with Crippen LogP contribution in [0.2, 0.25) is 10.0 Å². The third-order valence-corrected chi connectivity index (χ3v) is 2.79. The van der Waals surface area contributed by atoms with E-state index < -0.39 is 5.56 Å². The molecular weight excluding hydrogens is 259 g/mol. The highest BCUT2D eigenvalue weighted by Crippen LogP contribution is 2.14. The molecule has 17 heavy (non-hydrogen) atoms. The van der Waals surface area contributed by atoms with Gasteiger partial charge in [0, 0.05) is 0 Å². The van der Waals surface area contributed by atoms with E-state index in [9.17, 15) is 4.79 Å². The fourth-order valence-electron chi connectivity index (χ4n) is 1.02. The van der Waals surface area contributed by atoms with Crippen LogP contribution in [0.4, 0.5) is 0 Å². The summed E-state index contributed by atoms with van der Waals surface area (Å²) in [7, 11) is 0. The molecule has 0 spiro atoms. The van der Waals surface area contributed by atoms with Gasteiger partial charge in [-0.15, -0.1) is 0 Å². The Morgan fingerprint density at radius 3 is 2.94 bits per heavy atom. The first kappa shape index (κ1) is 13.7. The Kier molecular flexibility index (Phi) is 5.19. The number of nitrogens with zero attached hydrogens (tertiary/aromatic N) is 2. The zero-order chi connectivity index (χ0) is 12.8. The van der Waals surface area contributed by atoms with Crippen LogP contribution in [0.15, 0.2) is 47.4 Å². The maximum Gasteiger partial charge on any atom is 0.287 e. The first-order valence-electron chi connectivity index (χ1n) is 4.93. The van der Waals surface area contributed by atoms with E-state index in [1.807, 2.05) is 19.1 Å². The van der Waals surface area contributed by atoms with E-state index in [1.54, 1.807) is 12.2 Å². The summed E-state index contributed by atoms with van der Waals surface area (Å²) in [6.45, 7) is 5.91. The molecule has 0 aromatic carbocycles. The summed E-state index contributed by atoms with van der Waals surface area (Å²) < 4.78 is 1.24. The van der Waals surface area contributed by atoms with E-state index in [1.165, 1.54) is 10.9 Å². The second-order valence-corrected chi connectivity index (χ2v) is 4.12. The molecule has 0 radical (unpaired) electrons. The molecule has 1 heterocycles. The van der Waals surface area contributed by atoms with Crippen molar-refractivity contribution in [2.75, 3.05) is 0 Å². The van der Waals surface area contributed by atoms with Crippen molar-refractivity contribution in [1.82, 2.24) is 9.78 Å². The van der Waals surface area contributed by atoms with E-state index in [4.69, 9.17) is 23.2 Å². The predicted molar refractivity (Wildman–Crippen MR) is 71.6 cm³/mol.